The van der Waals surface area contributed by atoms with Crippen LogP contribution in [0, 0.1) is 5.92 Å². The molecule has 132 valence electrons. The van der Waals surface area contributed by atoms with Gasteiger partial charge in [0.05, 0.1) is 0 Å². The standard InChI is InChI=1S/C17H31N3OS2/c1-23-13-5-10-18-17(22)19-15-8-11-20(12-9-15)16(21)14-6-3-2-4-7-14/h14-15H,2-13H2,1H3,(H2,18,19,22). The quantitative estimate of drug-likeness (QED) is 0.565. The van der Waals surface area contributed by atoms with Gasteiger partial charge in [-0.2, -0.15) is 11.8 Å². The number of likely N-dealkylation sites (tertiary alicyclic amines) is 1. The van der Waals surface area contributed by atoms with Crippen molar-refractivity contribution in [2.24, 2.45) is 5.92 Å². The molecule has 0 aromatic rings. The molecule has 0 spiro atoms. The van der Waals surface area contributed by atoms with E-state index in [0.717, 1.165) is 62.6 Å². The summed E-state index contributed by atoms with van der Waals surface area (Å²) in [6, 6.07) is 0.408. The molecule has 0 aromatic carbocycles. The van der Waals surface area contributed by atoms with Crippen molar-refractivity contribution in [2.45, 2.75) is 57.4 Å². The lowest BCUT2D eigenvalue weighted by atomic mass is 9.87. The van der Waals surface area contributed by atoms with E-state index in [1.54, 1.807) is 0 Å². The highest BCUT2D eigenvalue weighted by atomic mass is 32.2. The minimum atomic E-state index is 0.299. The van der Waals surface area contributed by atoms with Crippen molar-refractivity contribution in [3.63, 3.8) is 0 Å². The SMILES string of the molecule is CSCCCNC(=S)NC1CCN(C(=O)C2CCCCC2)CC1. The van der Waals surface area contributed by atoms with Gasteiger partial charge in [-0.3, -0.25) is 4.79 Å². The molecule has 0 bridgehead atoms. The van der Waals surface area contributed by atoms with E-state index in [0.29, 0.717) is 17.9 Å². The summed E-state index contributed by atoms with van der Waals surface area (Å²) >= 11 is 7.22. The lowest BCUT2D eigenvalue weighted by Crippen LogP contribution is -2.50. The van der Waals surface area contributed by atoms with Crippen LogP contribution in [-0.4, -0.2) is 53.6 Å². The Hall–Kier alpha value is -0.490. The smallest absolute Gasteiger partial charge is 0.225 e. The molecular weight excluding hydrogens is 326 g/mol. The average molecular weight is 358 g/mol. The van der Waals surface area contributed by atoms with Crippen molar-refractivity contribution in [3.8, 4) is 0 Å². The summed E-state index contributed by atoms with van der Waals surface area (Å²) in [7, 11) is 0. The fourth-order valence-corrected chi connectivity index (χ4v) is 4.21. The molecule has 1 aliphatic heterocycles. The molecule has 6 heteroatoms. The number of hydrogen-bond acceptors (Lipinski definition) is 3. The van der Waals surface area contributed by atoms with E-state index in [-0.39, 0.29) is 0 Å². The molecule has 23 heavy (non-hydrogen) atoms. The number of thiocarbonyl (C=S) groups is 1. The maximum atomic E-state index is 12.6. The highest BCUT2D eigenvalue weighted by Crippen LogP contribution is 2.26. The highest BCUT2D eigenvalue weighted by molar-refractivity contribution is 7.98. The number of carbonyl (C=O) groups excluding carboxylic acids is 1. The maximum Gasteiger partial charge on any atom is 0.225 e. The highest BCUT2D eigenvalue weighted by Gasteiger charge is 2.29. The molecule has 2 rings (SSSR count). The monoisotopic (exact) mass is 357 g/mol. The molecular formula is C17H31N3OS2. The Morgan fingerprint density at radius 2 is 1.87 bits per heavy atom. The molecule has 1 heterocycles. The second-order valence-corrected chi connectivity index (χ2v) is 8.07. The van der Waals surface area contributed by atoms with Crippen molar-refractivity contribution in [1.29, 1.82) is 0 Å². The van der Waals surface area contributed by atoms with Crippen LogP contribution in [0.25, 0.3) is 0 Å². The van der Waals surface area contributed by atoms with Crippen LogP contribution in [0.5, 0.6) is 0 Å². The van der Waals surface area contributed by atoms with Gasteiger partial charge in [-0.05, 0) is 56.3 Å². The van der Waals surface area contributed by atoms with Crippen LogP contribution in [0.4, 0.5) is 0 Å². The number of nitrogens with zero attached hydrogens (tertiary/aromatic N) is 1. The number of rotatable bonds is 6. The molecule has 0 aromatic heterocycles. The summed E-state index contributed by atoms with van der Waals surface area (Å²) in [5.41, 5.74) is 0. The van der Waals surface area contributed by atoms with Gasteiger partial charge in [0.15, 0.2) is 5.11 Å². The minimum Gasteiger partial charge on any atom is -0.363 e. The third-order valence-corrected chi connectivity index (χ3v) is 5.87. The first-order chi connectivity index (χ1) is 11.2. The molecule has 1 saturated carbocycles. The zero-order valence-electron chi connectivity index (χ0n) is 14.3. The van der Waals surface area contributed by atoms with E-state index in [4.69, 9.17) is 12.2 Å². The Labute approximate surface area is 150 Å². The number of amides is 1. The first-order valence-corrected chi connectivity index (χ1v) is 10.8. The van der Waals surface area contributed by atoms with Crippen LogP contribution in [0.15, 0.2) is 0 Å². The lowest BCUT2D eigenvalue weighted by Gasteiger charge is -2.35. The topological polar surface area (TPSA) is 44.4 Å². The minimum absolute atomic E-state index is 0.299. The predicted octanol–water partition coefficient (Wildman–Crippen LogP) is 2.77. The lowest BCUT2D eigenvalue weighted by molar-refractivity contribution is -0.137. The number of nitrogens with one attached hydrogen (secondary N) is 2. The van der Waals surface area contributed by atoms with Gasteiger partial charge in [-0.15, -0.1) is 0 Å². The molecule has 1 aliphatic carbocycles. The van der Waals surface area contributed by atoms with Gasteiger partial charge in [0.25, 0.3) is 0 Å². The largest absolute Gasteiger partial charge is 0.363 e. The zero-order chi connectivity index (χ0) is 16.5. The van der Waals surface area contributed by atoms with Crippen LogP contribution < -0.4 is 10.6 Å². The Balaban J connectivity index is 1.63. The molecule has 2 aliphatic rings. The summed E-state index contributed by atoms with van der Waals surface area (Å²) in [6.07, 6.45) is 11.2. The molecule has 2 N–H and O–H groups in total. The van der Waals surface area contributed by atoms with Crippen LogP contribution in [0.1, 0.15) is 51.4 Å². The van der Waals surface area contributed by atoms with E-state index < -0.39 is 0 Å². The fourth-order valence-electron chi connectivity index (χ4n) is 3.51. The Morgan fingerprint density at radius 3 is 2.52 bits per heavy atom. The normalized spacial score (nSPS) is 20.3. The van der Waals surface area contributed by atoms with Crippen LogP contribution in [0.2, 0.25) is 0 Å². The van der Waals surface area contributed by atoms with E-state index >= 15 is 0 Å². The summed E-state index contributed by atoms with van der Waals surface area (Å²) in [6.45, 7) is 2.69. The molecule has 0 unspecified atom stereocenters. The van der Waals surface area contributed by atoms with Crippen molar-refractivity contribution in [2.75, 3.05) is 31.6 Å². The third kappa shape index (κ3) is 6.49. The first kappa shape index (κ1) is 18.8. The number of piperidine rings is 1. The number of hydrogen-bond donors (Lipinski definition) is 2. The average Bonchev–Trinajstić information content (AvgIpc) is 2.59. The third-order valence-electron chi connectivity index (χ3n) is 4.91. The van der Waals surface area contributed by atoms with Gasteiger partial charge < -0.3 is 15.5 Å². The molecule has 1 amide bonds. The summed E-state index contributed by atoms with van der Waals surface area (Å²) in [5, 5.41) is 7.45. The second-order valence-electron chi connectivity index (χ2n) is 6.68. The second kappa shape index (κ2) is 10.4. The summed E-state index contributed by atoms with van der Waals surface area (Å²) in [4.78, 5) is 14.6. The van der Waals surface area contributed by atoms with Crippen LogP contribution in [-0.2, 0) is 4.79 Å². The van der Waals surface area contributed by atoms with E-state index in [9.17, 15) is 4.79 Å². The van der Waals surface area contributed by atoms with Gasteiger partial charge >= 0.3 is 0 Å². The maximum absolute atomic E-state index is 12.6. The predicted molar refractivity (Wildman–Crippen MR) is 103 cm³/mol. The van der Waals surface area contributed by atoms with E-state index in [1.807, 2.05) is 11.8 Å². The number of carbonyl (C=O) groups is 1. The Kier molecular flexibility index (Phi) is 8.51. The van der Waals surface area contributed by atoms with Crippen LogP contribution in [0.3, 0.4) is 0 Å². The summed E-state index contributed by atoms with van der Waals surface area (Å²) in [5.74, 6) is 1.87. The Bertz CT molecular complexity index is 378. The van der Waals surface area contributed by atoms with Crippen molar-refractivity contribution in [1.82, 2.24) is 15.5 Å². The van der Waals surface area contributed by atoms with Gasteiger partial charge in [0, 0.05) is 31.6 Å². The van der Waals surface area contributed by atoms with Crippen molar-refractivity contribution < 1.29 is 4.79 Å². The van der Waals surface area contributed by atoms with E-state index in [2.05, 4.69) is 21.8 Å². The fraction of sp³-hybridized carbons (Fsp3) is 0.882. The molecule has 0 radical (unpaired) electrons. The van der Waals surface area contributed by atoms with Gasteiger partial charge in [0.2, 0.25) is 5.91 Å². The first-order valence-electron chi connectivity index (χ1n) is 9.03. The van der Waals surface area contributed by atoms with Crippen molar-refractivity contribution >= 4 is 35.0 Å². The molecule has 1 saturated heterocycles. The van der Waals surface area contributed by atoms with Crippen LogP contribution >= 0.6 is 24.0 Å². The van der Waals surface area contributed by atoms with Gasteiger partial charge in [0.1, 0.15) is 0 Å². The molecule has 0 atom stereocenters. The molecule has 2 fully saturated rings. The Morgan fingerprint density at radius 1 is 1.17 bits per heavy atom. The summed E-state index contributed by atoms with van der Waals surface area (Å²) < 4.78 is 0. The van der Waals surface area contributed by atoms with Gasteiger partial charge in [-0.1, -0.05) is 19.3 Å². The molecule has 4 nitrogen and oxygen atoms in total. The van der Waals surface area contributed by atoms with Crippen molar-refractivity contribution in [3.05, 3.63) is 0 Å². The van der Waals surface area contributed by atoms with E-state index in [1.165, 1.54) is 19.3 Å². The zero-order valence-corrected chi connectivity index (χ0v) is 15.9. The van der Waals surface area contributed by atoms with Gasteiger partial charge in [-0.25, -0.2) is 0 Å². The number of thioether (sulfide) groups is 1.